The van der Waals surface area contributed by atoms with Gasteiger partial charge in [-0.05, 0) is 44.0 Å². The lowest BCUT2D eigenvalue weighted by molar-refractivity contribution is 0.235. The van der Waals surface area contributed by atoms with Crippen molar-refractivity contribution in [1.82, 2.24) is 5.32 Å². The number of piperidine rings is 1. The van der Waals surface area contributed by atoms with Crippen LogP contribution in [-0.2, 0) is 9.84 Å². The predicted octanol–water partition coefficient (Wildman–Crippen LogP) is 2.12. The molecule has 2 rings (SSSR count). The van der Waals surface area contributed by atoms with E-state index in [9.17, 15) is 17.2 Å². The minimum absolute atomic E-state index is 0.295. The normalized spacial score (nSPS) is 17.1. The summed E-state index contributed by atoms with van der Waals surface area (Å²) in [7, 11) is -2.83. The van der Waals surface area contributed by atoms with Crippen LogP contribution in [0.2, 0.25) is 0 Å². The van der Waals surface area contributed by atoms with Crippen LogP contribution in [0.25, 0.3) is 0 Å². The molecule has 4 nitrogen and oxygen atoms in total. The van der Waals surface area contributed by atoms with Gasteiger partial charge in [-0.25, -0.2) is 8.42 Å². The third kappa shape index (κ3) is 3.71. The number of sulfone groups is 1. The summed E-state index contributed by atoms with van der Waals surface area (Å²) in [6, 6.07) is 5.96. The summed E-state index contributed by atoms with van der Waals surface area (Å²) in [6.45, 7) is 2.54. The molecule has 0 amide bonds. The van der Waals surface area contributed by atoms with Crippen LogP contribution >= 0.6 is 0 Å². The van der Waals surface area contributed by atoms with Gasteiger partial charge >= 0.3 is 5.76 Å². The molecule has 7 heteroatoms. The maximum absolute atomic E-state index is 12.8. The van der Waals surface area contributed by atoms with Gasteiger partial charge in [0.15, 0.2) is 0 Å². The minimum atomic E-state index is -4.58. The number of rotatable bonds is 5. The average Bonchev–Trinajstić information content (AvgIpc) is 2.48. The highest BCUT2D eigenvalue weighted by Crippen LogP contribution is 2.29. The number of nitrogens with one attached hydrogen (secondary N) is 1. The molecule has 21 heavy (non-hydrogen) atoms. The van der Waals surface area contributed by atoms with Gasteiger partial charge in [0, 0.05) is 13.6 Å². The molecule has 0 aliphatic carbocycles. The number of nitrogens with zero attached hydrogens (tertiary/aromatic N) is 1. The number of anilines is 1. The Morgan fingerprint density at radius 1 is 1.29 bits per heavy atom. The zero-order valence-corrected chi connectivity index (χ0v) is 12.7. The van der Waals surface area contributed by atoms with Gasteiger partial charge in [0.25, 0.3) is 0 Å². The molecule has 0 radical (unpaired) electrons. The molecule has 0 unspecified atom stereocenters. The molecule has 0 aromatic heterocycles. The number of hydrogen-bond donors (Lipinski definition) is 1. The van der Waals surface area contributed by atoms with Crippen LogP contribution in [0.3, 0.4) is 0 Å². The summed E-state index contributed by atoms with van der Waals surface area (Å²) in [6.07, 6.45) is 2.02. The van der Waals surface area contributed by atoms with Gasteiger partial charge in [-0.15, -0.1) is 0 Å². The molecule has 1 aromatic rings. The summed E-state index contributed by atoms with van der Waals surface area (Å²) in [4.78, 5) is 1.47. The lowest BCUT2D eigenvalue weighted by Crippen LogP contribution is -2.35. The van der Waals surface area contributed by atoms with Crippen molar-refractivity contribution in [2.75, 3.05) is 31.6 Å². The van der Waals surface area contributed by atoms with Crippen LogP contribution < -0.4 is 10.2 Å². The van der Waals surface area contributed by atoms with Gasteiger partial charge in [-0.3, -0.25) is 0 Å². The average molecular weight is 318 g/mol. The molecule has 1 N–H and O–H groups in total. The molecule has 1 aliphatic heterocycles. The molecule has 1 aromatic carbocycles. The monoisotopic (exact) mass is 318 g/mol. The van der Waals surface area contributed by atoms with E-state index >= 15 is 0 Å². The fourth-order valence-corrected chi connectivity index (χ4v) is 3.63. The first-order valence-electron chi connectivity index (χ1n) is 6.96. The van der Waals surface area contributed by atoms with Crippen LogP contribution in [0.4, 0.5) is 14.5 Å². The first kappa shape index (κ1) is 16.2. The van der Waals surface area contributed by atoms with Crippen molar-refractivity contribution >= 4 is 15.5 Å². The summed E-state index contributed by atoms with van der Waals surface area (Å²) < 4.78 is 49.1. The second kappa shape index (κ2) is 6.70. The van der Waals surface area contributed by atoms with Crippen molar-refractivity contribution in [1.29, 1.82) is 0 Å². The van der Waals surface area contributed by atoms with Crippen LogP contribution in [0.5, 0.6) is 0 Å². The summed E-state index contributed by atoms with van der Waals surface area (Å²) in [5.74, 6) is -2.95. The lowest BCUT2D eigenvalue weighted by Gasteiger charge is -2.29. The number of para-hydroxylation sites is 1. The molecular formula is C14H20F2N2O2S. The largest absolute Gasteiger partial charge is 0.373 e. The SMILES string of the molecule is CN(CC1CCNCC1)c1ccccc1S(=O)(=O)C(F)F. The van der Waals surface area contributed by atoms with E-state index in [0.29, 0.717) is 18.2 Å². The van der Waals surface area contributed by atoms with E-state index in [1.807, 2.05) is 0 Å². The van der Waals surface area contributed by atoms with Crippen molar-refractivity contribution in [2.24, 2.45) is 5.92 Å². The zero-order chi connectivity index (χ0) is 15.5. The van der Waals surface area contributed by atoms with E-state index in [1.54, 1.807) is 24.1 Å². The second-order valence-corrected chi connectivity index (χ2v) is 7.23. The van der Waals surface area contributed by atoms with Crippen molar-refractivity contribution in [2.45, 2.75) is 23.5 Å². The molecule has 1 saturated heterocycles. The van der Waals surface area contributed by atoms with Gasteiger partial charge in [0.05, 0.1) is 10.6 Å². The van der Waals surface area contributed by atoms with E-state index in [2.05, 4.69) is 5.32 Å². The van der Waals surface area contributed by atoms with E-state index in [0.717, 1.165) is 25.9 Å². The minimum Gasteiger partial charge on any atom is -0.373 e. The van der Waals surface area contributed by atoms with Crippen LogP contribution in [0, 0.1) is 5.92 Å². The molecule has 1 heterocycles. The molecule has 1 fully saturated rings. The topological polar surface area (TPSA) is 49.4 Å². The van der Waals surface area contributed by atoms with Crippen molar-refractivity contribution in [3.63, 3.8) is 0 Å². The fraction of sp³-hybridized carbons (Fsp3) is 0.571. The Morgan fingerprint density at radius 2 is 1.90 bits per heavy atom. The fourth-order valence-electron chi connectivity index (χ4n) is 2.66. The smallest absolute Gasteiger partial charge is 0.341 e. The molecule has 0 bridgehead atoms. The van der Waals surface area contributed by atoms with Gasteiger partial charge in [0.1, 0.15) is 0 Å². The van der Waals surface area contributed by atoms with Crippen molar-refractivity contribution < 1.29 is 17.2 Å². The summed E-state index contributed by atoms with van der Waals surface area (Å²) >= 11 is 0. The van der Waals surface area contributed by atoms with Gasteiger partial charge in [-0.2, -0.15) is 8.78 Å². The number of hydrogen-bond acceptors (Lipinski definition) is 4. The number of benzene rings is 1. The van der Waals surface area contributed by atoms with Crippen LogP contribution in [0.15, 0.2) is 29.2 Å². The third-order valence-corrected chi connectivity index (χ3v) is 5.24. The Labute approximate surface area is 124 Å². The first-order valence-corrected chi connectivity index (χ1v) is 8.50. The second-order valence-electron chi connectivity index (χ2n) is 5.35. The summed E-state index contributed by atoms with van der Waals surface area (Å²) in [5, 5.41) is 3.26. The maximum atomic E-state index is 12.8. The highest BCUT2D eigenvalue weighted by molar-refractivity contribution is 7.91. The highest BCUT2D eigenvalue weighted by Gasteiger charge is 2.30. The Hall–Kier alpha value is -1.21. The van der Waals surface area contributed by atoms with Gasteiger partial charge < -0.3 is 10.2 Å². The lowest BCUT2D eigenvalue weighted by atomic mass is 9.97. The standard InChI is InChI=1S/C14H20F2N2O2S/c1-18(10-11-6-8-17-9-7-11)12-4-2-3-5-13(12)21(19,20)14(15)16/h2-5,11,14,17H,6-10H2,1H3. The van der Waals surface area contributed by atoms with E-state index in [-0.39, 0.29) is 4.90 Å². The van der Waals surface area contributed by atoms with Gasteiger partial charge in [0.2, 0.25) is 9.84 Å². The molecule has 0 spiro atoms. The van der Waals surface area contributed by atoms with E-state index in [1.165, 1.54) is 12.1 Å². The Morgan fingerprint density at radius 3 is 2.52 bits per heavy atom. The molecule has 0 atom stereocenters. The third-order valence-electron chi connectivity index (χ3n) is 3.81. The Bertz CT molecular complexity index is 572. The highest BCUT2D eigenvalue weighted by atomic mass is 32.2. The Kier molecular flexibility index (Phi) is 5.16. The number of halogens is 2. The predicted molar refractivity (Wildman–Crippen MR) is 78.5 cm³/mol. The van der Waals surface area contributed by atoms with Crippen molar-refractivity contribution in [3.8, 4) is 0 Å². The molecule has 118 valence electrons. The van der Waals surface area contributed by atoms with E-state index < -0.39 is 15.6 Å². The molecule has 1 aliphatic rings. The maximum Gasteiger partial charge on any atom is 0.341 e. The van der Waals surface area contributed by atoms with Crippen LogP contribution in [0.1, 0.15) is 12.8 Å². The quantitative estimate of drug-likeness (QED) is 0.903. The Balaban J connectivity index is 2.23. The van der Waals surface area contributed by atoms with Crippen molar-refractivity contribution in [3.05, 3.63) is 24.3 Å². The zero-order valence-electron chi connectivity index (χ0n) is 11.9. The molecule has 0 saturated carbocycles. The van der Waals surface area contributed by atoms with E-state index in [4.69, 9.17) is 0 Å². The summed E-state index contributed by atoms with van der Waals surface area (Å²) in [5.41, 5.74) is 0.344. The number of alkyl halides is 2. The van der Waals surface area contributed by atoms with Crippen LogP contribution in [-0.4, -0.2) is 40.9 Å². The first-order chi connectivity index (χ1) is 9.93. The molecular weight excluding hydrogens is 298 g/mol. The van der Waals surface area contributed by atoms with Gasteiger partial charge in [-0.1, -0.05) is 12.1 Å².